The van der Waals surface area contributed by atoms with E-state index in [1.54, 1.807) is 0 Å². The zero-order valence-electron chi connectivity index (χ0n) is 19.1. The molecule has 31 heavy (non-hydrogen) atoms. The lowest BCUT2D eigenvalue weighted by atomic mass is 10.1. The lowest BCUT2D eigenvalue weighted by Gasteiger charge is -2.06. The molecule has 0 N–H and O–H groups in total. The quantitative estimate of drug-likeness (QED) is 0.246. The van der Waals surface area contributed by atoms with Crippen molar-refractivity contribution < 1.29 is 4.74 Å². The van der Waals surface area contributed by atoms with Gasteiger partial charge in [0, 0.05) is 5.39 Å². The molecule has 2 heteroatoms. The van der Waals surface area contributed by atoms with Crippen LogP contribution in [0.5, 0.6) is 5.75 Å². The van der Waals surface area contributed by atoms with Crippen molar-refractivity contribution in [1.82, 2.24) is 4.98 Å². The van der Waals surface area contributed by atoms with E-state index in [4.69, 9.17) is 4.74 Å². The van der Waals surface area contributed by atoms with Gasteiger partial charge in [-0.2, -0.15) is 0 Å². The average Bonchev–Trinajstić information content (AvgIpc) is 2.82. The maximum Gasteiger partial charge on any atom is 0.119 e. The van der Waals surface area contributed by atoms with Crippen molar-refractivity contribution in [2.24, 2.45) is 0 Å². The van der Waals surface area contributed by atoms with Crippen LogP contribution in [0.2, 0.25) is 0 Å². The maximum atomic E-state index is 5.91. The molecule has 0 radical (unpaired) electrons. The molecule has 0 unspecified atom stereocenters. The van der Waals surface area contributed by atoms with Crippen molar-refractivity contribution in [2.45, 2.75) is 71.1 Å². The van der Waals surface area contributed by atoms with Crippen molar-refractivity contribution in [3.63, 3.8) is 0 Å². The van der Waals surface area contributed by atoms with Crippen LogP contribution in [0.1, 0.15) is 82.4 Å². The first-order chi connectivity index (χ1) is 15.3. The van der Waals surface area contributed by atoms with Gasteiger partial charge in [0.2, 0.25) is 0 Å². The molecule has 0 spiro atoms. The third-order valence-electron chi connectivity index (χ3n) is 5.71. The minimum atomic E-state index is 0.812. The molecular formula is C29H37NO. The summed E-state index contributed by atoms with van der Waals surface area (Å²) >= 11 is 0. The smallest absolute Gasteiger partial charge is 0.119 e. The Morgan fingerprint density at radius 3 is 2.10 bits per heavy atom. The van der Waals surface area contributed by atoms with Gasteiger partial charge in [-0.15, -0.1) is 0 Å². The summed E-state index contributed by atoms with van der Waals surface area (Å²) in [5, 5.41) is 1.17. The first kappa shape index (κ1) is 23.1. The highest BCUT2D eigenvalue weighted by molar-refractivity contribution is 5.80. The van der Waals surface area contributed by atoms with Crippen LogP contribution in [0.25, 0.3) is 23.1 Å². The highest BCUT2D eigenvalue weighted by Gasteiger charge is 1.97. The fourth-order valence-corrected chi connectivity index (χ4v) is 3.81. The summed E-state index contributed by atoms with van der Waals surface area (Å²) < 4.78 is 5.91. The van der Waals surface area contributed by atoms with Crippen molar-refractivity contribution in [1.29, 1.82) is 0 Å². The van der Waals surface area contributed by atoms with Crippen molar-refractivity contribution in [3.05, 3.63) is 71.9 Å². The number of benzene rings is 2. The van der Waals surface area contributed by atoms with Gasteiger partial charge in [-0.05, 0) is 42.3 Å². The van der Waals surface area contributed by atoms with E-state index in [0.717, 1.165) is 35.6 Å². The van der Waals surface area contributed by atoms with E-state index >= 15 is 0 Å². The summed E-state index contributed by atoms with van der Waals surface area (Å²) in [6, 6.07) is 20.7. The Kier molecular flexibility index (Phi) is 10.2. The second-order valence-electron chi connectivity index (χ2n) is 8.36. The molecule has 2 nitrogen and oxygen atoms in total. The van der Waals surface area contributed by atoms with Crippen molar-refractivity contribution >= 4 is 23.1 Å². The van der Waals surface area contributed by atoms with E-state index in [1.165, 1.54) is 63.2 Å². The minimum Gasteiger partial charge on any atom is -0.494 e. The van der Waals surface area contributed by atoms with Crippen LogP contribution < -0.4 is 4.74 Å². The third kappa shape index (κ3) is 8.57. The molecule has 2 aromatic carbocycles. The summed E-state index contributed by atoms with van der Waals surface area (Å²) in [4.78, 5) is 4.69. The highest BCUT2D eigenvalue weighted by Crippen LogP contribution is 2.17. The summed E-state index contributed by atoms with van der Waals surface area (Å²) in [7, 11) is 0. The standard InChI is InChI=1S/C29H37NO/c1-2-3-4-5-6-7-8-9-10-13-24-31-28-22-17-25(18-23-28)16-20-27-21-19-26-14-11-12-15-29(26)30-27/h11-12,14-23H,2-10,13,24H2,1H3/b20-16+. The fourth-order valence-electron chi connectivity index (χ4n) is 3.81. The topological polar surface area (TPSA) is 22.1 Å². The maximum absolute atomic E-state index is 5.91. The van der Waals surface area contributed by atoms with E-state index in [1.807, 2.05) is 18.2 Å². The summed E-state index contributed by atoms with van der Waals surface area (Å²) in [6.45, 7) is 3.09. The Balaban J connectivity index is 1.31. The van der Waals surface area contributed by atoms with Crippen molar-refractivity contribution in [3.8, 4) is 5.75 Å². The molecule has 0 saturated carbocycles. The molecule has 0 atom stereocenters. The fraction of sp³-hybridized carbons (Fsp3) is 0.414. The van der Waals surface area contributed by atoms with E-state index in [-0.39, 0.29) is 0 Å². The average molecular weight is 416 g/mol. The molecular weight excluding hydrogens is 378 g/mol. The lowest BCUT2D eigenvalue weighted by molar-refractivity contribution is 0.304. The molecule has 3 rings (SSSR count). The minimum absolute atomic E-state index is 0.812. The highest BCUT2D eigenvalue weighted by atomic mass is 16.5. The van der Waals surface area contributed by atoms with Gasteiger partial charge in [-0.25, -0.2) is 4.98 Å². The number of para-hydroxylation sites is 1. The number of hydrogen-bond acceptors (Lipinski definition) is 2. The van der Waals surface area contributed by atoms with E-state index in [2.05, 4.69) is 66.5 Å². The number of nitrogens with zero attached hydrogens (tertiary/aromatic N) is 1. The lowest BCUT2D eigenvalue weighted by Crippen LogP contribution is -1.97. The summed E-state index contributed by atoms with van der Waals surface area (Å²) in [5.74, 6) is 0.955. The van der Waals surface area contributed by atoms with E-state index in [0.29, 0.717) is 0 Å². The Bertz CT molecular complexity index is 913. The van der Waals surface area contributed by atoms with Crippen molar-refractivity contribution in [2.75, 3.05) is 6.61 Å². The molecule has 164 valence electrons. The number of fused-ring (bicyclic) bond motifs is 1. The summed E-state index contributed by atoms with van der Waals surface area (Å²) in [5.41, 5.74) is 3.15. The number of unbranched alkanes of at least 4 members (excludes halogenated alkanes) is 9. The molecule has 0 saturated heterocycles. The van der Waals surface area contributed by atoms with Gasteiger partial charge in [0.15, 0.2) is 0 Å². The first-order valence-corrected chi connectivity index (χ1v) is 12.1. The van der Waals surface area contributed by atoms with Gasteiger partial charge in [0.1, 0.15) is 5.75 Å². The van der Waals surface area contributed by atoms with Gasteiger partial charge in [0.25, 0.3) is 0 Å². The predicted octanol–water partition coefficient (Wildman–Crippen LogP) is 8.70. The van der Waals surface area contributed by atoms with Crippen LogP contribution in [0.4, 0.5) is 0 Å². The van der Waals surface area contributed by atoms with Crippen LogP contribution in [0.15, 0.2) is 60.7 Å². The van der Waals surface area contributed by atoms with Crippen LogP contribution in [0, 0.1) is 0 Å². The monoisotopic (exact) mass is 415 g/mol. The zero-order valence-corrected chi connectivity index (χ0v) is 19.1. The Morgan fingerprint density at radius 2 is 1.35 bits per heavy atom. The number of ether oxygens (including phenoxy) is 1. The van der Waals surface area contributed by atoms with Gasteiger partial charge >= 0.3 is 0 Å². The Labute approximate surface area is 188 Å². The molecule has 0 aliphatic heterocycles. The van der Waals surface area contributed by atoms with Crippen LogP contribution in [-0.2, 0) is 0 Å². The molecule has 3 aromatic rings. The number of aromatic nitrogens is 1. The molecule has 0 amide bonds. The predicted molar refractivity (Wildman–Crippen MR) is 134 cm³/mol. The number of pyridine rings is 1. The van der Waals surface area contributed by atoms with E-state index in [9.17, 15) is 0 Å². The number of hydrogen-bond donors (Lipinski definition) is 0. The molecule has 0 aliphatic rings. The normalized spacial score (nSPS) is 11.4. The molecule has 1 heterocycles. The Hall–Kier alpha value is -2.61. The van der Waals surface area contributed by atoms with Gasteiger partial charge < -0.3 is 4.74 Å². The zero-order chi connectivity index (χ0) is 21.6. The second kappa shape index (κ2) is 13.6. The largest absolute Gasteiger partial charge is 0.494 e. The van der Waals surface area contributed by atoms with Crippen LogP contribution >= 0.6 is 0 Å². The third-order valence-corrected chi connectivity index (χ3v) is 5.71. The van der Waals surface area contributed by atoms with E-state index < -0.39 is 0 Å². The first-order valence-electron chi connectivity index (χ1n) is 12.1. The summed E-state index contributed by atoms with van der Waals surface area (Å²) in [6.07, 6.45) is 17.7. The van der Waals surface area contributed by atoms with Gasteiger partial charge in [-0.3, -0.25) is 0 Å². The van der Waals surface area contributed by atoms with Gasteiger partial charge in [0.05, 0.1) is 17.8 Å². The van der Waals surface area contributed by atoms with Gasteiger partial charge in [-0.1, -0.05) is 107 Å². The molecule has 0 fully saturated rings. The number of rotatable bonds is 14. The molecule has 1 aromatic heterocycles. The second-order valence-corrected chi connectivity index (χ2v) is 8.36. The van der Waals surface area contributed by atoms with Crippen LogP contribution in [-0.4, -0.2) is 11.6 Å². The molecule has 0 bridgehead atoms. The van der Waals surface area contributed by atoms with Crippen LogP contribution in [0.3, 0.4) is 0 Å². The molecule has 0 aliphatic carbocycles. The Morgan fingerprint density at radius 1 is 0.677 bits per heavy atom. The SMILES string of the molecule is CCCCCCCCCCCCOc1ccc(/C=C/c2ccc3ccccc3n2)cc1.